The van der Waals surface area contributed by atoms with Crippen LogP contribution in [0, 0.1) is 0 Å². The SMILES string of the molecule is COc1ccc(N2CCCN(CCCN)CC2)nc1. The molecule has 0 atom stereocenters. The molecule has 5 heteroatoms. The van der Waals surface area contributed by atoms with Crippen LogP contribution in [0.15, 0.2) is 18.3 Å². The van der Waals surface area contributed by atoms with Crippen LogP contribution in [0.2, 0.25) is 0 Å². The standard InChI is InChI=1S/C14H24N4O/c1-19-13-4-5-14(16-12-13)18-9-3-8-17(10-11-18)7-2-6-15/h4-5,12H,2-3,6-11,15H2,1H3. The molecule has 19 heavy (non-hydrogen) atoms. The van der Waals surface area contributed by atoms with Crippen molar-refractivity contribution in [3.05, 3.63) is 18.3 Å². The lowest BCUT2D eigenvalue weighted by molar-refractivity contribution is 0.291. The molecule has 1 fully saturated rings. The molecule has 0 amide bonds. The van der Waals surface area contributed by atoms with Gasteiger partial charge in [-0.05, 0) is 44.6 Å². The lowest BCUT2D eigenvalue weighted by Gasteiger charge is -2.22. The summed E-state index contributed by atoms with van der Waals surface area (Å²) < 4.78 is 5.14. The number of hydrogen-bond donors (Lipinski definition) is 1. The highest BCUT2D eigenvalue weighted by Crippen LogP contribution is 2.17. The molecule has 0 aliphatic carbocycles. The monoisotopic (exact) mass is 264 g/mol. The topological polar surface area (TPSA) is 54.6 Å². The fourth-order valence-electron chi connectivity index (χ4n) is 2.42. The molecule has 1 aromatic heterocycles. The molecule has 0 spiro atoms. The molecule has 5 nitrogen and oxygen atoms in total. The zero-order valence-electron chi connectivity index (χ0n) is 11.7. The van der Waals surface area contributed by atoms with Gasteiger partial charge in [0.25, 0.3) is 0 Å². The molecule has 0 unspecified atom stereocenters. The largest absolute Gasteiger partial charge is 0.495 e. The van der Waals surface area contributed by atoms with Crippen molar-refractivity contribution in [2.45, 2.75) is 12.8 Å². The number of nitrogens with zero attached hydrogens (tertiary/aromatic N) is 3. The van der Waals surface area contributed by atoms with Gasteiger partial charge in [-0.2, -0.15) is 0 Å². The number of ether oxygens (including phenoxy) is 1. The Kier molecular flexibility index (Phi) is 5.42. The fraction of sp³-hybridized carbons (Fsp3) is 0.643. The molecule has 2 N–H and O–H groups in total. The van der Waals surface area contributed by atoms with Gasteiger partial charge in [0.15, 0.2) is 0 Å². The summed E-state index contributed by atoms with van der Waals surface area (Å²) in [6, 6.07) is 4.01. The van der Waals surface area contributed by atoms with Crippen LogP contribution in [0.4, 0.5) is 5.82 Å². The number of pyridine rings is 1. The predicted octanol–water partition coefficient (Wildman–Crippen LogP) is 0.951. The minimum Gasteiger partial charge on any atom is -0.495 e. The summed E-state index contributed by atoms with van der Waals surface area (Å²) in [5, 5.41) is 0. The van der Waals surface area contributed by atoms with Crippen LogP contribution < -0.4 is 15.4 Å². The number of nitrogens with two attached hydrogens (primary N) is 1. The van der Waals surface area contributed by atoms with Crippen molar-refractivity contribution in [2.24, 2.45) is 5.73 Å². The number of methoxy groups -OCH3 is 1. The lowest BCUT2D eigenvalue weighted by Crippen LogP contribution is -2.32. The van der Waals surface area contributed by atoms with E-state index in [1.165, 1.54) is 6.42 Å². The summed E-state index contributed by atoms with van der Waals surface area (Å²) in [5.41, 5.74) is 5.57. The van der Waals surface area contributed by atoms with E-state index in [1.807, 2.05) is 12.1 Å². The van der Waals surface area contributed by atoms with E-state index in [2.05, 4.69) is 14.8 Å². The predicted molar refractivity (Wildman–Crippen MR) is 77.7 cm³/mol. The number of rotatable bonds is 5. The van der Waals surface area contributed by atoms with Crippen LogP contribution in [0.5, 0.6) is 5.75 Å². The smallest absolute Gasteiger partial charge is 0.137 e. The van der Waals surface area contributed by atoms with E-state index < -0.39 is 0 Å². The summed E-state index contributed by atoms with van der Waals surface area (Å²) in [6.45, 7) is 6.24. The highest BCUT2D eigenvalue weighted by atomic mass is 16.5. The summed E-state index contributed by atoms with van der Waals surface area (Å²) in [5.74, 6) is 1.85. The fourth-order valence-corrected chi connectivity index (χ4v) is 2.42. The average Bonchev–Trinajstić information content (AvgIpc) is 2.71. The highest BCUT2D eigenvalue weighted by molar-refractivity contribution is 5.40. The van der Waals surface area contributed by atoms with E-state index in [9.17, 15) is 0 Å². The van der Waals surface area contributed by atoms with Crippen molar-refractivity contribution in [1.29, 1.82) is 0 Å². The molecule has 0 aromatic carbocycles. The second-order valence-electron chi connectivity index (χ2n) is 4.88. The van der Waals surface area contributed by atoms with Crippen LogP contribution in [0.25, 0.3) is 0 Å². The maximum Gasteiger partial charge on any atom is 0.137 e. The molecule has 1 aliphatic rings. The van der Waals surface area contributed by atoms with Crippen molar-refractivity contribution in [2.75, 3.05) is 51.3 Å². The maximum absolute atomic E-state index is 5.57. The molecule has 0 bridgehead atoms. The van der Waals surface area contributed by atoms with Crippen molar-refractivity contribution in [1.82, 2.24) is 9.88 Å². The van der Waals surface area contributed by atoms with E-state index in [4.69, 9.17) is 10.5 Å². The lowest BCUT2D eigenvalue weighted by atomic mass is 10.3. The van der Waals surface area contributed by atoms with Gasteiger partial charge in [-0.25, -0.2) is 4.98 Å². The first-order valence-electron chi connectivity index (χ1n) is 7.01. The molecule has 2 heterocycles. The molecule has 1 aliphatic heterocycles. The van der Waals surface area contributed by atoms with E-state index in [-0.39, 0.29) is 0 Å². The highest BCUT2D eigenvalue weighted by Gasteiger charge is 2.15. The van der Waals surface area contributed by atoms with E-state index in [1.54, 1.807) is 13.3 Å². The van der Waals surface area contributed by atoms with Gasteiger partial charge in [-0.3, -0.25) is 0 Å². The van der Waals surface area contributed by atoms with Gasteiger partial charge in [0.2, 0.25) is 0 Å². The average molecular weight is 264 g/mol. The van der Waals surface area contributed by atoms with Crippen molar-refractivity contribution >= 4 is 5.82 Å². The van der Waals surface area contributed by atoms with E-state index in [0.717, 1.165) is 57.3 Å². The normalized spacial score (nSPS) is 17.3. The molecule has 2 rings (SSSR count). The Labute approximate surface area is 115 Å². The van der Waals surface area contributed by atoms with Crippen LogP contribution in [0.1, 0.15) is 12.8 Å². The van der Waals surface area contributed by atoms with Gasteiger partial charge in [-0.1, -0.05) is 0 Å². The van der Waals surface area contributed by atoms with E-state index >= 15 is 0 Å². The zero-order valence-corrected chi connectivity index (χ0v) is 11.7. The quantitative estimate of drug-likeness (QED) is 0.858. The van der Waals surface area contributed by atoms with Crippen LogP contribution in [-0.4, -0.2) is 56.3 Å². The van der Waals surface area contributed by atoms with Crippen molar-refractivity contribution < 1.29 is 4.74 Å². The summed E-state index contributed by atoms with van der Waals surface area (Å²) in [4.78, 5) is 9.31. The first-order valence-corrected chi connectivity index (χ1v) is 7.01. The second-order valence-corrected chi connectivity index (χ2v) is 4.88. The number of anilines is 1. The minimum absolute atomic E-state index is 0.778. The first kappa shape index (κ1) is 14.1. The minimum atomic E-state index is 0.778. The third-order valence-electron chi connectivity index (χ3n) is 3.55. The van der Waals surface area contributed by atoms with Gasteiger partial charge >= 0.3 is 0 Å². The Morgan fingerprint density at radius 2 is 2.16 bits per heavy atom. The molecule has 0 saturated carbocycles. The molecule has 1 aromatic rings. The second kappa shape index (κ2) is 7.31. The first-order chi connectivity index (χ1) is 9.33. The Morgan fingerprint density at radius 1 is 1.26 bits per heavy atom. The van der Waals surface area contributed by atoms with Crippen LogP contribution in [0.3, 0.4) is 0 Å². The Balaban J connectivity index is 1.90. The van der Waals surface area contributed by atoms with Gasteiger partial charge in [0, 0.05) is 19.6 Å². The summed E-state index contributed by atoms with van der Waals surface area (Å²) >= 11 is 0. The zero-order chi connectivity index (χ0) is 13.5. The summed E-state index contributed by atoms with van der Waals surface area (Å²) in [6.07, 6.45) is 4.05. The van der Waals surface area contributed by atoms with Crippen LogP contribution >= 0.6 is 0 Å². The third-order valence-corrected chi connectivity index (χ3v) is 3.55. The van der Waals surface area contributed by atoms with Gasteiger partial charge in [-0.15, -0.1) is 0 Å². The maximum atomic E-state index is 5.57. The number of aromatic nitrogens is 1. The van der Waals surface area contributed by atoms with E-state index in [0.29, 0.717) is 0 Å². The molecular formula is C14H24N4O. The Bertz CT molecular complexity index is 368. The molecular weight excluding hydrogens is 240 g/mol. The molecule has 1 saturated heterocycles. The summed E-state index contributed by atoms with van der Waals surface area (Å²) in [7, 11) is 1.66. The number of hydrogen-bond acceptors (Lipinski definition) is 5. The Morgan fingerprint density at radius 3 is 2.84 bits per heavy atom. The van der Waals surface area contributed by atoms with Crippen molar-refractivity contribution in [3.63, 3.8) is 0 Å². The van der Waals surface area contributed by atoms with Crippen molar-refractivity contribution in [3.8, 4) is 5.75 Å². The van der Waals surface area contributed by atoms with Crippen LogP contribution in [-0.2, 0) is 0 Å². The Hall–Kier alpha value is -1.33. The third kappa shape index (κ3) is 4.08. The molecule has 0 radical (unpaired) electrons. The van der Waals surface area contributed by atoms with Gasteiger partial charge < -0.3 is 20.3 Å². The molecule has 106 valence electrons. The van der Waals surface area contributed by atoms with Gasteiger partial charge in [0.05, 0.1) is 13.3 Å². The van der Waals surface area contributed by atoms with Gasteiger partial charge in [0.1, 0.15) is 11.6 Å².